The molecule has 0 radical (unpaired) electrons. The van der Waals surface area contributed by atoms with Gasteiger partial charge < -0.3 is 14.6 Å². The van der Waals surface area contributed by atoms with Gasteiger partial charge in [-0.2, -0.15) is 0 Å². The van der Waals surface area contributed by atoms with Gasteiger partial charge in [-0.25, -0.2) is 15.0 Å². The topological polar surface area (TPSA) is 67.1 Å². The number of hydrogen-bond acceptors (Lipinski definition) is 6. The molecule has 0 bridgehead atoms. The van der Waals surface area contributed by atoms with Crippen LogP contribution in [0.3, 0.4) is 0 Å². The third kappa shape index (κ3) is 2.90. The lowest BCUT2D eigenvalue weighted by Gasteiger charge is -2.19. The molecule has 0 unspecified atom stereocenters. The minimum atomic E-state index is 0.432. The van der Waals surface area contributed by atoms with Crippen molar-refractivity contribution in [1.29, 1.82) is 0 Å². The van der Waals surface area contributed by atoms with E-state index in [1.54, 1.807) is 12.6 Å². The summed E-state index contributed by atoms with van der Waals surface area (Å²) in [4.78, 5) is 15.4. The number of anilines is 1. The minimum absolute atomic E-state index is 0.432. The van der Waals surface area contributed by atoms with Crippen LogP contribution in [-0.4, -0.2) is 34.1 Å². The largest absolute Gasteiger partial charge is 0.451 e. The summed E-state index contributed by atoms with van der Waals surface area (Å²) in [5.41, 5.74) is 3.17. The van der Waals surface area contributed by atoms with Gasteiger partial charge in [0.15, 0.2) is 6.39 Å². The van der Waals surface area contributed by atoms with Crippen LogP contribution >= 0.6 is 0 Å². The van der Waals surface area contributed by atoms with Gasteiger partial charge in [0.05, 0.1) is 11.2 Å². The van der Waals surface area contributed by atoms with Crippen LogP contribution in [-0.2, 0) is 6.54 Å². The highest BCUT2D eigenvalue weighted by Crippen LogP contribution is 2.26. The molecule has 6 nitrogen and oxygen atoms in total. The molecule has 3 heterocycles. The van der Waals surface area contributed by atoms with Crippen molar-refractivity contribution in [3.05, 3.63) is 48.4 Å². The average molecular weight is 309 g/mol. The first kappa shape index (κ1) is 14.1. The number of fused-ring (bicyclic) bond motifs is 1. The van der Waals surface area contributed by atoms with Crippen LogP contribution in [0.25, 0.3) is 10.9 Å². The molecule has 1 fully saturated rings. The Hall–Kier alpha value is -2.47. The van der Waals surface area contributed by atoms with Crippen molar-refractivity contribution in [2.24, 2.45) is 0 Å². The van der Waals surface area contributed by atoms with E-state index in [2.05, 4.69) is 50.3 Å². The molecule has 6 heteroatoms. The second kappa shape index (κ2) is 5.96. The van der Waals surface area contributed by atoms with Crippen LogP contribution in [0.5, 0.6) is 0 Å². The van der Waals surface area contributed by atoms with Gasteiger partial charge in [0, 0.05) is 31.1 Å². The summed E-state index contributed by atoms with van der Waals surface area (Å²) in [6, 6.07) is 6.75. The zero-order chi connectivity index (χ0) is 15.6. The van der Waals surface area contributed by atoms with E-state index in [4.69, 9.17) is 4.42 Å². The number of nitrogens with one attached hydrogen (secondary N) is 1. The maximum atomic E-state index is 5.00. The molecule has 2 aromatic heterocycles. The molecule has 1 aliphatic heterocycles. The van der Waals surface area contributed by atoms with Crippen molar-refractivity contribution in [2.45, 2.75) is 25.9 Å². The van der Waals surface area contributed by atoms with Crippen LogP contribution in [0, 0.1) is 6.92 Å². The van der Waals surface area contributed by atoms with Gasteiger partial charge in [0.25, 0.3) is 0 Å². The molecule has 1 atom stereocenters. The number of oxazole rings is 1. The normalized spacial score (nSPS) is 18.0. The third-order valence-corrected chi connectivity index (χ3v) is 4.31. The Morgan fingerprint density at radius 2 is 2.26 bits per heavy atom. The molecule has 1 saturated heterocycles. The van der Waals surface area contributed by atoms with Crippen LogP contribution < -0.4 is 10.2 Å². The van der Waals surface area contributed by atoms with E-state index in [0.717, 1.165) is 48.5 Å². The molecular weight excluding hydrogens is 290 g/mol. The smallest absolute Gasteiger partial charge is 0.180 e. The van der Waals surface area contributed by atoms with Crippen molar-refractivity contribution < 1.29 is 4.42 Å². The summed E-state index contributed by atoms with van der Waals surface area (Å²) < 4.78 is 5.00. The Morgan fingerprint density at radius 3 is 3.13 bits per heavy atom. The monoisotopic (exact) mass is 309 g/mol. The van der Waals surface area contributed by atoms with E-state index in [9.17, 15) is 0 Å². The Labute approximate surface area is 134 Å². The average Bonchev–Trinajstić information content (AvgIpc) is 3.24. The number of aromatic nitrogens is 3. The number of rotatable bonds is 4. The number of nitrogens with zero attached hydrogens (tertiary/aromatic N) is 4. The molecule has 1 N–H and O–H groups in total. The molecule has 1 aliphatic rings. The number of benzene rings is 1. The molecule has 23 heavy (non-hydrogen) atoms. The quantitative estimate of drug-likeness (QED) is 0.797. The Bertz CT molecular complexity index is 802. The standard InChI is InChI=1S/C17H19N5O/c1-12-2-3-16-15(6-12)17(20-10-19-16)22-5-4-13(8-22)18-7-14-9-23-11-21-14/h2-3,6,9-11,13,18H,4-5,7-8H2,1H3/t13-/m0/s1. The highest BCUT2D eigenvalue weighted by Gasteiger charge is 2.24. The number of hydrogen-bond donors (Lipinski definition) is 1. The second-order valence-corrected chi connectivity index (χ2v) is 6.01. The van der Waals surface area contributed by atoms with E-state index >= 15 is 0 Å². The molecule has 118 valence electrons. The first-order valence-electron chi connectivity index (χ1n) is 7.86. The molecule has 0 spiro atoms. The summed E-state index contributed by atoms with van der Waals surface area (Å²) in [6.07, 6.45) is 5.89. The Balaban J connectivity index is 1.50. The molecular formula is C17H19N5O. The van der Waals surface area contributed by atoms with Crippen LogP contribution in [0.4, 0.5) is 5.82 Å². The molecule has 0 amide bonds. The lowest BCUT2D eigenvalue weighted by atomic mass is 10.1. The third-order valence-electron chi connectivity index (χ3n) is 4.31. The van der Waals surface area contributed by atoms with E-state index < -0.39 is 0 Å². The van der Waals surface area contributed by atoms with Crippen molar-refractivity contribution in [3.63, 3.8) is 0 Å². The fraction of sp³-hybridized carbons (Fsp3) is 0.353. The van der Waals surface area contributed by atoms with Crippen LogP contribution in [0.15, 0.2) is 41.6 Å². The van der Waals surface area contributed by atoms with E-state index in [1.165, 1.54) is 12.0 Å². The van der Waals surface area contributed by atoms with Gasteiger partial charge in [-0.05, 0) is 25.5 Å². The van der Waals surface area contributed by atoms with E-state index in [-0.39, 0.29) is 0 Å². The van der Waals surface area contributed by atoms with Gasteiger partial charge in [-0.1, -0.05) is 11.6 Å². The van der Waals surface area contributed by atoms with Gasteiger partial charge >= 0.3 is 0 Å². The van der Waals surface area contributed by atoms with Crippen LogP contribution in [0.1, 0.15) is 17.7 Å². The fourth-order valence-corrected chi connectivity index (χ4v) is 3.10. The van der Waals surface area contributed by atoms with Crippen molar-refractivity contribution in [1.82, 2.24) is 20.3 Å². The van der Waals surface area contributed by atoms with Crippen molar-refractivity contribution >= 4 is 16.7 Å². The maximum absolute atomic E-state index is 5.00. The highest BCUT2D eigenvalue weighted by molar-refractivity contribution is 5.89. The van der Waals surface area contributed by atoms with Crippen molar-refractivity contribution in [2.75, 3.05) is 18.0 Å². The van der Waals surface area contributed by atoms with Crippen molar-refractivity contribution in [3.8, 4) is 0 Å². The maximum Gasteiger partial charge on any atom is 0.180 e. The zero-order valence-corrected chi connectivity index (χ0v) is 13.1. The first-order valence-corrected chi connectivity index (χ1v) is 7.86. The molecule has 4 rings (SSSR count). The highest BCUT2D eigenvalue weighted by atomic mass is 16.3. The fourth-order valence-electron chi connectivity index (χ4n) is 3.10. The number of aryl methyl sites for hydroxylation is 1. The van der Waals surface area contributed by atoms with Crippen LogP contribution in [0.2, 0.25) is 0 Å². The predicted molar refractivity (Wildman–Crippen MR) is 88.2 cm³/mol. The second-order valence-electron chi connectivity index (χ2n) is 6.01. The molecule has 3 aromatic rings. The van der Waals surface area contributed by atoms with Gasteiger partial charge in [-0.3, -0.25) is 0 Å². The summed E-state index contributed by atoms with van der Waals surface area (Å²) in [5.74, 6) is 1.03. The van der Waals surface area contributed by atoms with Gasteiger partial charge in [0.1, 0.15) is 18.4 Å². The lowest BCUT2D eigenvalue weighted by molar-refractivity contribution is 0.536. The Kier molecular flexibility index (Phi) is 3.67. The first-order chi connectivity index (χ1) is 11.3. The summed E-state index contributed by atoms with van der Waals surface area (Å²) in [6.45, 7) is 4.77. The molecule has 0 aliphatic carbocycles. The predicted octanol–water partition coefficient (Wildman–Crippen LogP) is 2.29. The molecule has 0 saturated carbocycles. The summed E-state index contributed by atoms with van der Waals surface area (Å²) in [5, 5.41) is 4.66. The SMILES string of the molecule is Cc1ccc2ncnc(N3CC[C@H](NCc4cocn4)C3)c2c1. The minimum Gasteiger partial charge on any atom is -0.451 e. The van der Waals surface area contributed by atoms with E-state index in [1.807, 2.05) is 0 Å². The summed E-state index contributed by atoms with van der Waals surface area (Å²) >= 11 is 0. The zero-order valence-electron chi connectivity index (χ0n) is 13.1. The lowest BCUT2D eigenvalue weighted by Crippen LogP contribution is -2.32. The van der Waals surface area contributed by atoms with Gasteiger partial charge in [-0.15, -0.1) is 0 Å². The van der Waals surface area contributed by atoms with E-state index in [0.29, 0.717) is 6.04 Å². The summed E-state index contributed by atoms with van der Waals surface area (Å²) in [7, 11) is 0. The Morgan fingerprint density at radius 1 is 1.30 bits per heavy atom. The molecule has 1 aromatic carbocycles. The van der Waals surface area contributed by atoms with Gasteiger partial charge in [0.2, 0.25) is 0 Å².